The second-order valence-corrected chi connectivity index (χ2v) is 10.0. The van der Waals surface area contributed by atoms with Crippen molar-refractivity contribution in [3.05, 3.63) is 58.3 Å². The number of aliphatic carboxylic acids is 1. The van der Waals surface area contributed by atoms with Crippen LogP contribution in [0.4, 0.5) is 0 Å². The van der Waals surface area contributed by atoms with Gasteiger partial charge in [0.15, 0.2) is 5.15 Å². The summed E-state index contributed by atoms with van der Waals surface area (Å²) < 4.78 is 14.0. The van der Waals surface area contributed by atoms with E-state index in [-0.39, 0.29) is 12.0 Å². The predicted molar refractivity (Wildman–Crippen MR) is 136 cm³/mol. The van der Waals surface area contributed by atoms with E-state index in [1.54, 1.807) is 0 Å². The molecule has 3 aromatic rings. The molecule has 2 aliphatic heterocycles. The molecule has 1 saturated heterocycles. The van der Waals surface area contributed by atoms with Crippen molar-refractivity contribution < 1.29 is 19.4 Å². The number of piperidine rings is 1. The van der Waals surface area contributed by atoms with Gasteiger partial charge in [0.05, 0.1) is 11.4 Å². The fraction of sp³-hybridized carbons (Fsp3) is 0.407. The molecule has 0 unspecified atom stereocenters. The molecule has 2 aliphatic rings. The lowest BCUT2D eigenvalue weighted by Gasteiger charge is -2.32. The van der Waals surface area contributed by atoms with Crippen molar-refractivity contribution in [1.29, 1.82) is 0 Å². The number of aromatic nitrogens is 2. The second-order valence-electron chi connectivity index (χ2n) is 9.67. The number of halogens is 1. The van der Waals surface area contributed by atoms with Crippen molar-refractivity contribution in [2.75, 3.05) is 26.2 Å². The van der Waals surface area contributed by atoms with Gasteiger partial charge in [-0.15, -0.1) is 0 Å². The third kappa shape index (κ3) is 5.16. The zero-order valence-electron chi connectivity index (χ0n) is 20.0. The normalized spacial score (nSPS) is 18.3. The molecule has 0 spiro atoms. The van der Waals surface area contributed by atoms with Crippen LogP contribution in [0, 0.1) is 5.92 Å². The molecule has 8 heteroatoms. The Labute approximate surface area is 209 Å². The number of benzene rings is 2. The van der Waals surface area contributed by atoms with Crippen LogP contribution in [0.1, 0.15) is 43.9 Å². The van der Waals surface area contributed by atoms with Gasteiger partial charge in [-0.2, -0.15) is 5.10 Å². The average Bonchev–Trinajstić information content (AvgIpc) is 3.19. The first-order valence-corrected chi connectivity index (χ1v) is 12.5. The third-order valence-corrected chi connectivity index (χ3v) is 6.94. The second kappa shape index (κ2) is 9.91. The van der Waals surface area contributed by atoms with Crippen LogP contribution >= 0.6 is 11.6 Å². The highest BCUT2D eigenvalue weighted by molar-refractivity contribution is 6.34. The number of hydrogen-bond acceptors (Lipinski definition) is 5. The summed E-state index contributed by atoms with van der Waals surface area (Å²) in [4.78, 5) is 13.6. The summed E-state index contributed by atoms with van der Waals surface area (Å²) in [5.74, 6) is 0.564. The maximum Gasteiger partial charge on any atom is 0.307 e. The number of fused-ring (bicyclic) bond motifs is 2. The Balaban J connectivity index is 1.23. The van der Waals surface area contributed by atoms with Crippen LogP contribution in [0.2, 0.25) is 5.15 Å². The lowest BCUT2D eigenvalue weighted by Crippen LogP contribution is -2.40. The van der Waals surface area contributed by atoms with E-state index in [0.29, 0.717) is 24.9 Å². The number of rotatable bonds is 7. The van der Waals surface area contributed by atoms with Gasteiger partial charge in [0.25, 0.3) is 0 Å². The minimum Gasteiger partial charge on any atom is -0.489 e. The summed E-state index contributed by atoms with van der Waals surface area (Å²) in [6.07, 6.45) is 3.83. The van der Waals surface area contributed by atoms with Gasteiger partial charge in [0.2, 0.25) is 0 Å². The molecule has 184 valence electrons. The van der Waals surface area contributed by atoms with Crippen LogP contribution < -0.4 is 9.47 Å². The lowest BCUT2D eigenvalue weighted by atomic mass is 9.97. The van der Waals surface area contributed by atoms with Crippen molar-refractivity contribution >= 4 is 34.5 Å². The molecule has 3 heterocycles. The molecule has 0 bridgehead atoms. The van der Waals surface area contributed by atoms with Crippen molar-refractivity contribution in [3.63, 3.8) is 0 Å². The predicted octanol–water partition coefficient (Wildman–Crippen LogP) is 5.42. The molecule has 1 fully saturated rings. The molecule has 2 aromatic carbocycles. The summed E-state index contributed by atoms with van der Waals surface area (Å²) in [5.41, 5.74) is 4.20. The van der Waals surface area contributed by atoms with Crippen LogP contribution in [0.25, 0.3) is 17.0 Å². The minimum atomic E-state index is -0.699. The smallest absolute Gasteiger partial charge is 0.307 e. The van der Waals surface area contributed by atoms with E-state index in [0.717, 1.165) is 65.0 Å². The average molecular weight is 496 g/mol. The van der Waals surface area contributed by atoms with E-state index >= 15 is 0 Å². The molecule has 0 radical (unpaired) electrons. The SMILES string of the molecule is CC(C)n1nc(Cl)c2cc(COc3ccc4c(c3)OCC(CN3CCC[C@H](C(=O)O)C3)=C4)ccc21. The highest BCUT2D eigenvalue weighted by atomic mass is 35.5. The summed E-state index contributed by atoms with van der Waals surface area (Å²) in [6.45, 7) is 7.34. The maximum atomic E-state index is 11.3. The number of hydrogen-bond donors (Lipinski definition) is 1. The van der Waals surface area contributed by atoms with Gasteiger partial charge in [0, 0.05) is 36.1 Å². The lowest BCUT2D eigenvalue weighted by molar-refractivity contribution is -0.143. The Morgan fingerprint density at radius 2 is 2.14 bits per heavy atom. The van der Waals surface area contributed by atoms with E-state index < -0.39 is 5.97 Å². The highest BCUT2D eigenvalue weighted by Gasteiger charge is 2.26. The van der Waals surface area contributed by atoms with Crippen LogP contribution in [0.5, 0.6) is 11.5 Å². The standard InChI is InChI=1S/C27H30ClN3O4/c1-17(2)31-24-8-5-18(11-23(24)26(28)29-31)15-34-22-7-6-20-10-19(16-35-25(20)12-22)13-30-9-3-4-21(14-30)27(32)33/h5-8,10-12,17,21H,3-4,9,13-16H2,1-2H3,(H,32,33)/t21-/m0/s1. The van der Waals surface area contributed by atoms with Gasteiger partial charge < -0.3 is 14.6 Å². The summed E-state index contributed by atoms with van der Waals surface area (Å²) >= 11 is 6.36. The number of carboxylic acid groups (broad SMARTS) is 1. The molecule has 0 aliphatic carbocycles. The van der Waals surface area contributed by atoms with Crippen LogP contribution in [0.3, 0.4) is 0 Å². The number of likely N-dealkylation sites (tertiary alicyclic amines) is 1. The topological polar surface area (TPSA) is 76.8 Å². The molecule has 1 N–H and O–H groups in total. The molecule has 0 amide bonds. The Morgan fingerprint density at radius 1 is 1.29 bits per heavy atom. The summed E-state index contributed by atoms with van der Waals surface area (Å²) in [6, 6.07) is 12.2. The maximum absolute atomic E-state index is 11.3. The molecule has 7 nitrogen and oxygen atoms in total. The van der Waals surface area contributed by atoms with Gasteiger partial charge in [-0.1, -0.05) is 17.7 Å². The van der Waals surface area contributed by atoms with Gasteiger partial charge >= 0.3 is 5.97 Å². The Morgan fingerprint density at radius 3 is 2.94 bits per heavy atom. The largest absolute Gasteiger partial charge is 0.489 e. The van der Waals surface area contributed by atoms with Crippen molar-refractivity contribution in [3.8, 4) is 11.5 Å². The molecule has 1 aromatic heterocycles. The first kappa shape index (κ1) is 23.7. The van der Waals surface area contributed by atoms with Crippen LogP contribution in [-0.2, 0) is 11.4 Å². The fourth-order valence-electron chi connectivity index (χ4n) is 4.86. The summed E-state index contributed by atoms with van der Waals surface area (Å²) in [7, 11) is 0. The zero-order valence-corrected chi connectivity index (χ0v) is 20.8. The molecule has 35 heavy (non-hydrogen) atoms. The van der Waals surface area contributed by atoms with Crippen molar-refractivity contribution in [2.24, 2.45) is 5.92 Å². The number of carboxylic acids is 1. The van der Waals surface area contributed by atoms with Crippen molar-refractivity contribution in [1.82, 2.24) is 14.7 Å². The third-order valence-electron chi connectivity index (χ3n) is 6.66. The van der Waals surface area contributed by atoms with Crippen LogP contribution in [-0.4, -0.2) is 52.0 Å². The number of nitrogens with zero attached hydrogens (tertiary/aromatic N) is 3. The molecular formula is C27H30ClN3O4. The van der Waals surface area contributed by atoms with Gasteiger partial charge in [-0.25, -0.2) is 0 Å². The Hall–Kier alpha value is -3.03. The number of ether oxygens (including phenoxy) is 2. The first-order valence-electron chi connectivity index (χ1n) is 12.1. The van der Waals surface area contributed by atoms with Gasteiger partial charge in [0.1, 0.15) is 24.7 Å². The quantitative estimate of drug-likeness (QED) is 0.471. The minimum absolute atomic E-state index is 0.235. The van der Waals surface area contributed by atoms with E-state index in [1.165, 1.54) is 0 Å². The molecule has 1 atom stereocenters. The summed E-state index contributed by atoms with van der Waals surface area (Å²) in [5, 5.41) is 15.2. The highest BCUT2D eigenvalue weighted by Crippen LogP contribution is 2.32. The molecule has 0 saturated carbocycles. The molecule has 5 rings (SSSR count). The van der Waals surface area contributed by atoms with E-state index in [4.69, 9.17) is 21.1 Å². The van der Waals surface area contributed by atoms with E-state index in [2.05, 4.69) is 29.9 Å². The van der Waals surface area contributed by atoms with E-state index in [1.807, 2.05) is 41.1 Å². The van der Waals surface area contributed by atoms with Gasteiger partial charge in [-0.05, 0) is 74.7 Å². The van der Waals surface area contributed by atoms with Gasteiger partial charge in [-0.3, -0.25) is 14.4 Å². The van der Waals surface area contributed by atoms with E-state index in [9.17, 15) is 9.90 Å². The zero-order chi connectivity index (χ0) is 24.5. The number of carbonyl (C=O) groups is 1. The molecular weight excluding hydrogens is 466 g/mol. The monoisotopic (exact) mass is 495 g/mol. The van der Waals surface area contributed by atoms with Crippen LogP contribution in [0.15, 0.2) is 42.0 Å². The Kier molecular flexibility index (Phi) is 6.71. The Bertz CT molecular complexity index is 1280. The fourth-order valence-corrected chi connectivity index (χ4v) is 5.09. The van der Waals surface area contributed by atoms with Crippen molar-refractivity contribution in [2.45, 2.75) is 39.3 Å². The first-order chi connectivity index (χ1) is 16.9.